The highest BCUT2D eigenvalue weighted by Crippen LogP contribution is 2.37. The van der Waals surface area contributed by atoms with Gasteiger partial charge < -0.3 is 4.90 Å². The lowest BCUT2D eigenvalue weighted by atomic mass is 9.87. The Hall–Kier alpha value is -2.53. The van der Waals surface area contributed by atoms with E-state index >= 15 is 0 Å². The van der Waals surface area contributed by atoms with Gasteiger partial charge in [-0.1, -0.05) is 54.6 Å². The molecule has 6 rings (SSSR count). The summed E-state index contributed by atoms with van der Waals surface area (Å²) in [6.07, 6.45) is 2.34. The Balaban J connectivity index is 1.13. The average Bonchev–Trinajstić information content (AvgIpc) is 3.56. The Kier molecular flexibility index (Phi) is 6.69. The lowest BCUT2D eigenvalue weighted by Crippen LogP contribution is -2.38. The molecule has 180 valence electrons. The number of rotatable bonds is 6. The van der Waals surface area contributed by atoms with E-state index in [1.54, 1.807) is 12.1 Å². The van der Waals surface area contributed by atoms with E-state index in [4.69, 9.17) is 0 Å². The highest BCUT2D eigenvalue weighted by Gasteiger charge is 2.36. The van der Waals surface area contributed by atoms with Crippen molar-refractivity contribution in [1.29, 1.82) is 0 Å². The molecular formula is C31H33FN2S. The number of benzene rings is 3. The van der Waals surface area contributed by atoms with E-state index in [9.17, 15) is 4.39 Å². The van der Waals surface area contributed by atoms with Crippen LogP contribution >= 0.6 is 11.3 Å². The van der Waals surface area contributed by atoms with E-state index in [1.165, 1.54) is 46.8 Å². The number of likely N-dealkylation sites (tertiary alicyclic amines) is 2. The topological polar surface area (TPSA) is 6.48 Å². The summed E-state index contributed by atoms with van der Waals surface area (Å²) in [6, 6.07) is 25.0. The van der Waals surface area contributed by atoms with Crippen LogP contribution in [0.5, 0.6) is 0 Å². The summed E-state index contributed by atoms with van der Waals surface area (Å²) in [5.41, 5.74) is 4.25. The van der Waals surface area contributed by atoms with Crippen LogP contribution < -0.4 is 0 Å². The zero-order chi connectivity index (χ0) is 23.6. The predicted octanol–water partition coefficient (Wildman–Crippen LogP) is 7.14. The zero-order valence-electron chi connectivity index (χ0n) is 20.2. The fraction of sp³-hybridized carbons (Fsp3) is 0.355. The molecule has 0 N–H and O–H groups in total. The number of halogens is 1. The normalized spacial score (nSPS) is 22.2. The molecular weight excluding hydrogens is 451 g/mol. The maximum Gasteiger partial charge on any atom is 0.123 e. The summed E-state index contributed by atoms with van der Waals surface area (Å²) < 4.78 is 13.3. The summed E-state index contributed by atoms with van der Waals surface area (Å²) >= 11 is 1.82. The predicted molar refractivity (Wildman–Crippen MR) is 145 cm³/mol. The lowest BCUT2D eigenvalue weighted by Gasteiger charge is -2.34. The molecule has 0 spiro atoms. The van der Waals surface area contributed by atoms with E-state index in [2.05, 4.69) is 69.1 Å². The van der Waals surface area contributed by atoms with Crippen molar-refractivity contribution in [2.45, 2.75) is 31.2 Å². The highest BCUT2D eigenvalue weighted by molar-refractivity contribution is 7.08. The first-order valence-corrected chi connectivity index (χ1v) is 13.9. The fourth-order valence-electron chi connectivity index (χ4n) is 6.33. The van der Waals surface area contributed by atoms with Crippen molar-refractivity contribution >= 4 is 22.1 Å². The van der Waals surface area contributed by atoms with Gasteiger partial charge in [0.1, 0.15) is 5.82 Å². The first kappa shape index (κ1) is 22.9. The maximum atomic E-state index is 13.3. The molecule has 4 heteroatoms. The average molecular weight is 485 g/mol. The molecule has 3 heterocycles. The molecule has 4 aromatic rings. The van der Waals surface area contributed by atoms with E-state index in [0.717, 1.165) is 32.7 Å². The molecule has 0 bridgehead atoms. The van der Waals surface area contributed by atoms with Gasteiger partial charge in [0.05, 0.1) is 0 Å². The second-order valence-electron chi connectivity index (χ2n) is 10.4. The minimum Gasteiger partial charge on any atom is -0.303 e. The van der Waals surface area contributed by atoms with Gasteiger partial charge in [0.25, 0.3) is 0 Å². The number of hydrogen-bond donors (Lipinski definition) is 0. The van der Waals surface area contributed by atoms with Crippen LogP contribution in [0.1, 0.15) is 41.4 Å². The molecule has 0 aliphatic carbocycles. The third-order valence-corrected chi connectivity index (χ3v) is 8.89. The molecule has 2 saturated heterocycles. The Labute approximate surface area is 212 Å². The minimum absolute atomic E-state index is 0.139. The molecule has 1 aromatic heterocycles. The molecule has 0 saturated carbocycles. The number of hydrogen-bond acceptors (Lipinski definition) is 3. The Morgan fingerprint density at radius 1 is 0.800 bits per heavy atom. The smallest absolute Gasteiger partial charge is 0.123 e. The van der Waals surface area contributed by atoms with E-state index in [-0.39, 0.29) is 5.82 Å². The van der Waals surface area contributed by atoms with Gasteiger partial charge in [-0.25, -0.2) is 4.39 Å². The number of thiophene rings is 1. The largest absolute Gasteiger partial charge is 0.303 e. The third-order valence-electron chi connectivity index (χ3n) is 8.18. The molecule has 2 aliphatic rings. The van der Waals surface area contributed by atoms with Crippen LogP contribution in [-0.2, 0) is 6.54 Å². The van der Waals surface area contributed by atoms with Crippen LogP contribution in [0.15, 0.2) is 83.6 Å². The molecule has 2 atom stereocenters. The molecule has 2 fully saturated rings. The van der Waals surface area contributed by atoms with Crippen molar-refractivity contribution in [2.75, 3.05) is 32.7 Å². The first-order chi connectivity index (χ1) is 17.2. The molecule has 2 aliphatic heterocycles. The maximum absolute atomic E-state index is 13.3. The van der Waals surface area contributed by atoms with Crippen LogP contribution in [-0.4, -0.2) is 42.5 Å². The van der Waals surface area contributed by atoms with Crippen LogP contribution in [0.3, 0.4) is 0 Å². The highest BCUT2D eigenvalue weighted by atomic mass is 32.1. The van der Waals surface area contributed by atoms with Gasteiger partial charge in [0, 0.05) is 32.1 Å². The van der Waals surface area contributed by atoms with Gasteiger partial charge in [0.15, 0.2) is 0 Å². The molecule has 0 radical (unpaired) electrons. The Morgan fingerprint density at radius 3 is 2.40 bits per heavy atom. The SMILES string of the molecule is Fc1ccc(C2CCN(CC3CN(Cc4cccc5ccccc45)CC3c3ccsc3)CC2)cc1. The fourth-order valence-corrected chi connectivity index (χ4v) is 7.05. The van der Waals surface area contributed by atoms with E-state index in [1.807, 2.05) is 23.5 Å². The van der Waals surface area contributed by atoms with Crippen molar-refractivity contribution in [3.63, 3.8) is 0 Å². The van der Waals surface area contributed by atoms with Crippen molar-refractivity contribution in [2.24, 2.45) is 5.92 Å². The van der Waals surface area contributed by atoms with Gasteiger partial charge in [-0.2, -0.15) is 11.3 Å². The lowest BCUT2D eigenvalue weighted by molar-refractivity contribution is 0.177. The molecule has 2 unspecified atom stereocenters. The van der Waals surface area contributed by atoms with Gasteiger partial charge in [-0.05, 0) is 94.2 Å². The molecule has 2 nitrogen and oxygen atoms in total. The van der Waals surface area contributed by atoms with Crippen molar-refractivity contribution in [3.8, 4) is 0 Å². The number of piperidine rings is 1. The van der Waals surface area contributed by atoms with E-state index < -0.39 is 0 Å². The van der Waals surface area contributed by atoms with Gasteiger partial charge in [0.2, 0.25) is 0 Å². The monoisotopic (exact) mass is 484 g/mol. The molecule has 0 amide bonds. The number of fused-ring (bicyclic) bond motifs is 1. The second kappa shape index (κ2) is 10.2. The zero-order valence-corrected chi connectivity index (χ0v) is 21.0. The van der Waals surface area contributed by atoms with Gasteiger partial charge in [-0.3, -0.25) is 4.90 Å². The van der Waals surface area contributed by atoms with Crippen LogP contribution in [0, 0.1) is 11.7 Å². The first-order valence-electron chi connectivity index (χ1n) is 12.9. The van der Waals surface area contributed by atoms with E-state index in [0.29, 0.717) is 17.8 Å². The van der Waals surface area contributed by atoms with Crippen molar-refractivity contribution in [1.82, 2.24) is 9.80 Å². The summed E-state index contributed by atoms with van der Waals surface area (Å²) in [7, 11) is 0. The summed E-state index contributed by atoms with van der Waals surface area (Å²) in [5.74, 6) is 1.68. The van der Waals surface area contributed by atoms with Crippen LogP contribution in [0.25, 0.3) is 10.8 Å². The quantitative estimate of drug-likeness (QED) is 0.287. The molecule has 35 heavy (non-hydrogen) atoms. The van der Waals surface area contributed by atoms with Crippen molar-refractivity contribution in [3.05, 3.63) is 106 Å². The van der Waals surface area contributed by atoms with Crippen LogP contribution in [0.4, 0.5) is 4.39 Å². The number of nitrogens with zero attached hydrogens (tertiary/aromatic N) is 2. The molecule has 3 aromatic carbocycles. The summed E-state index contributed by atoms with van der Waals surface area (Å²) in [6.45, 7) is 6.75. The third kappa shape index (κ3) is 5.06. The summed E-state index contributed by atoms with van der Waals surface area (Å²) in [5, 5.41) is 7.31. The van der Waals surface area contributed by atoms with Crippen LogP contribution in [0.2, 0.25) is 0 Å². The Bertz CT molecular complexity index is 1240. The standard InChI is InChI=1S/C31H33FN2S/c32-29-10-8-23(9-11-29)24-12-15-33(16-13-24)19-28-20-34(21-31(28)27-14-17-35-22-27)18-26-6-3-5-25-4-1-2-7-30(25)26/h1-11,14,17,22,24,28,31H,12-13,15-16,18-21H2. The minimum atomic E-state index is -0.139. The second-order valence-corrected chi connectivity index (χ2v) is 11.2. The van der Waals surface area contributed by atoms with Gasteiger partial charge in [-0.15, -0.1) is 0 Å². The van der Waals surface area contributed by atoms with Gasteiger partial charge >= 0.3 is 0 Å². The van der Waals surface area contributed by atoms with Crippen molar-refractivity contribution < 1.29 is 4.39 Å². The summed E-state index contributed by atoms with van der Waals surface area (Å²) in [4.78, 5) is 5.37. The Morgan fingerprint density at radius 2 is 1.60 bits per heavy atom.